The molecule has 1 rings (SSSR count). The Hall–Kier alpha value is -1.39. The molecule has 0 aliphatic rings. The summed E-state index contributed by atoms with van der Waals surface area (Å²) in [6.07, 6.45) is 0.942. The van der Waals surface area contributed by atoms with Gasteiger partial charge in [-0.25, -0.2) is 0 Å². The molecule has 0 aliphatic carbocycles. The number of aldehydes is 1. The van der Waals surface area contributed by atoms with Gasteiger partial charge in [0.15, 0.2) is 6.29 Å². The molecule has 5 nitrogen and oxygen atoms in total. The van der Waals surface area contributed by atoms with Gasteiger partial charge in [-0.1, -0.05) is 6.92 Å². The molecule has 10 heavy (non-hydrogen) atoms. The van der Waals surface area contributed by atoms with E-state index in [-0.39, 0.29) is 16.3 Å². The molecule has 0 spiro atoms. The van der Waals surface area contributed by atoms with E-state index in [4.69, 9.17) is 0 Å². The third kappa shape index (κ3) is 0.854. The molecule has 1 aromatic heterocycles. The predicted molar refractivity (Wildman–Crippen MR) is 30.2 cm³/mol. The Morgan fingerprint density at radius 2 is 2.60 bits per heavy atom. The van der Waals surface area contributed by atoms with Crippen molar-refractivity contribution in [2.45, 2.75) is 13.3 Å². The van der Waals surface area contributed by atoms with Crippen LogP contribution in [0.5, 0.6) is 0 Å². The van der Waals surface area contributed by atoms with E-state index in [9.17, 15) is 10.0 Å². The Labute approximate surface area is 56.8 Å². The summed E-state index contributed by atoms with van der Waals surface area (Å²) in [5.41, 5.74) is 0.354. The van der Waals surface area contributed by atoms with Crippen molar-refractivity contribution in [3.63, 3.8) is 0 Å². The van der Waals surface area contributed by atoms with Gasteiger partial charge in [-0.05, 0) is 4.90 Å². The topological polar surface area (TPSA) is 70.0 Å². The zero-order valence-electron chi connectivity index (χ0n) is 5.40. The van der Waals surface area contributed by atoms with Gasteiger partial charge in [-0.3, -0.25) is 9.42 Å². The van der Waals surface area contributed by atoms with Crippen molar-refractivity contribution in [1.82, 2.24) is 5.16 Å². The van der Waals surface area contributed by atoms with E-state index in [0.717, 1.165) is 0 Å². The Bertz CT molecular complexity index is 243. The van der Waals surface area contributed by atoms with Crippen molar-refractivity contribution in [2.75, 3.05) is 0 Å². The van der Waals surface area contributed by atoms with Crippen LogP contribution >= 0.6 is 0 Å². The largest absolute Gasteiger partial charge is 0.359 e. The van der Waals surface area contributed by atoms with Crippen LogP contribution in [-0.2, 0) is 6.42 Å². The van der Waals surface area contributed by atoms with E-state index in [1.807, 2.05) is 0 Å². The first-order valence-electron chi connectivity index (χ1n) is 2.83. The van der Waals surface area contributed by atoms with E-state index in [2.05, 4.69) is 9.79 Å². The Morgan fingerprint density at radius 1 is 1.90 bits per heavy atom. The van der Waals surface area contributed by atoms with E-state index in [1.165, 1.54) is 0 Å². The smallest absolute Gasteiger partial charge is 0.283 e. The molecule has 0 radical (unpaired) electrons. The number of carbonyl (C=O) groups excluding carboxylic acids is 1. The zero-order valence-corrected chi connectivity index (χ0v) is 5.40. The van der Waals surface area contributed by atoms with Crippen molar-refractivity contribution in [3.05, 3.63) is 16.6 Å². The van der Waals surface area contributed by atoms with Crippen molar-refractivity contribution in [2.24, 2.45) is 0 Å². The first-order chi connectivity index (χ1) is 4.79. The van der Waals surface area contributed by atoms with Crippen LogP contribution in [0.3, 0.4) is 0 Å². The van der Waals surface area contributed by atoms with Crippen LogP contribution < -0.4 is 4.90 Å². The molecule has 0 aromatic carbocycles. The summed E-state index contributed by atoms with van der Waals surface area (Å²) in [6.45, 7) is 1.74. The van der Waals surface area contributed by atoms with Gasteiger partial charge in [-0.15, -0.1) is 0 Å². The van der Waals surface area contributed by atoms with Crippen molar-refractivity contribution in [3.8, 4) is 0 Å². The summed E-state index contributed by atoms with van der Waals surface area (Å²) in [5, 5.41) is 13.8. The third-order valence-electron chi connectivity index (χ3n) is 1.18. The monoisotopic (exact) mass is 142 g/mol. The van der Waals surface area contributed by atoms with Crippen LogP contribution in [0.2, 0.25) is 0 Å². The lowest BCUT2D eigenvalue weighted by atomic mass is 10.3. The summed E-state index contributed by atoms with van der Waals surface area (Å²) >= 11 is 0. The second kappa shape index (κ2) is 2.47. The Kier molecular flexibility index (Phi) is 1.66. The maximum Gasteiger partial charge on any atom is 0.283 e. The van der Waals surface area contributed by atoms with Gasteiger partial charge < -0.3 is 5.21 Å². The zero-order chi connectivity index (χ0) is 7.56. The predicted octanol–water partition coefficient (Wildman–Crippen LogP) is -0.317. The van der Waals surface area contributed by atoms with Crippen LogP contribution in [0.4, 0.5) is 0 Å². The number of hydrogen-bond acceptors (Lipinski definition) is 4. The van der Waals surface area contributed by atoms with Gasteiger partial charge in [-0.2, -0.15) is 0 Å². The molecule has 0 N–H and O–H groups in total. The molecule has 0 aliphatic heterocycles. The molecule has 5 heteroatoms. The molecule has 0 amide bonds. The average molecular weight is 142 g/mol. The molecule has 0 unspecified atom stereocenters. The normalized spacial score (nSPS) is 9.70. The van der Waals surface area contributed by atoms with E-state index in [1.54, 1.807) is 6.92 Å². The minimum absolute atomic E-state index is 0.0810. The number of aromatic nitrogens is 2. The third-order valence-corrected chi connectivity index (χ3v) is 1.18. The number of rotatable bonds is 2. The maximum absolute atomic E-state index is 10.6. The first-order valence-corrected chi connectivity index (χ1v) is 2.83. The minimum atomic E-state index is 0.0810. The average Bonchev–Trinajstić information content (AvgIpc) is 2.30. The lowest BCUT2D eigenvalue weighted by molar-refractivity contribution is -0.807. The molecular formula is C5H6N2O3. The van der Waals surface area contributed by atoms with Crippen LogP contribution in [0, 0.1) is 5.21 Å². The Balaban J connectivity index is 3.12. The van der Waals surface area contributed by atoms with Gasteiger partial charge in [0, 0.05) is 11.6 Å². The quantitative estimate of drug-likeness (QED) is 0.419. The molecule has 0 fully saturated rings. The molecule has 0 atom stereocenters. The summed E-state index contributed by atoms with van der Waals surface area (Å²) in [5.74, 6) is 0. The van der Waals surface area contributed by atoms with Gasteiger partial charge >= 0.3 is 0 Å². The Morgan fingerprint density at radius 3 is 3.00 bits per heavy atom. The summed E-state index contributed by atoms with van der Waals surface area (Å²) < 4.78 is 4.16. The molecule has 0 saturated carbocycles. The fourth-order valence-electron chi connectivity index (χ4n) is 0.676. The summed E-state index contributed by atoms with van der Waals surface area (Å²) in [7, 11) is 0. The highest BCUT2D eigenvalue weighted by atomic mass is 16.8. The summed E-state index contributed by atoms with van der Waals surface area (Å²) in [6, 6.07) is 0. The van der Waals surface area contributed by atoms with Crippen molar-refractivity contribution in [1.29, 1.82) is 0 Å². The van der Waals surface area contributed by atoms with E-state index < -0.39 is 0 Å². The van der Waals surface area contributed by atoms with Crippen LogP contribution in [0.25, 0.3) is 0 Å². The highest BCUT2D eigenvalue weighted by Crippen LogP contribution is 1.96. The highest BCUT2D eigenvalue weighted by Gasteiger charge is 2.14. The van der Waals surface area contributed by atoms with E-state index >= 15 is 0 Å². The number of nitrogens with zero attached hydrogens (tertiary/aromatic N) is 2. The summed E-state index contributed by atoms with van der Waals surface area (Å²) in [4.78, 5) is 10.4. The van der Waals surface area contributed by atoms with Crippen molar-refractivity contribution < 1.29 is 14.3 Å². The van der Waals surface area contributed by atoms with E-state index in [0.29, 0.717) is 12.7 Å². The first kappa shape index (κ1) is 6.73. The second-order valence-electron chi connectivity index (χ2n) is 1.73. The second-order valence-corrected chi connectivity index (χ2v) is 1.73. The van der Waals surface area contributed by atoms with Gasteiger partial charge in [0.05, 0.1) is 0 Å². The number of carbonyl (C=O) groups is 1. The van der Waals surface area contributed by atoms with Crippen LogP contribution in [0.1, 0.15) is 23.1 Å². The van der Waals surface area contributed by atoms with Crippen LogP contribution in [-0.4, -0.2) is 11.4 Å². The van der Waals surface area contributed by atoms with Crippen LogP contribution in [0.15, 0.2) is 4.63 Å². The molecule has 0 saturated heterocycles. The highest BCUT2D eigenvalue weighted by molar-refractivity contribution is 5.72. The lowest BCUT2D eigenvalue weighted by Crippen LogP contribution is -2.27. The minimum Gasteiger partial charge on any atom is -0.359 e. The van der Waals surface area contributed by atoms with Gasteiger partial charge in [0.25, 0.3) is 5.69 Å². The maximum atomic E-state index is 10.6. The lowest BCUT2D eigenvalue weighted by Gasteiger charge is -1.86. The fraction of sp³-hybridized carbons (Fsp3) is 0.400. The fourth-order valence-corrected chi connectivity index (χ4v) is 0.676. The van der Waals surface area contributed by atoms with Crippen molar-refractivity contribution >= 4 is 6.29 Å². The molecule has 54 valence electrons. The SMILES string of the molecule is CCc1c(C=O)no[n+]1[O-]. The number of hydrogen-bond donors (Lipinski definition) is 0. The van der Waals surface area contributed by atoms with Gasteiger partial charge in [0.2, 0.25) is 5.69 Å². The standard InChI is InChI=1S/C5H6N2O3/c1-2-5-4(3-8)6-10-7(5)9/h3H,2H2,1H3. The molecule has 0 bridgehead atoms. The molecule has 1 aromatic rings. The molecular weight excluding hydrogens is 136 g/mol. The molecule has 1 heterocycles. The van der Waals surface area contributed by atoms with Gasteiger partial charge in [0.1, 0.15) is 0 Å².